The fourth-order valence-corrected chi connectivity index (χ4v) is 3.09. The number of ether oxygens (including phenoxy) is 1. The summed E-state index contributed by atoms with van der Waals surface area (Å²) >= 11 is 0. The van der Waals surface area contributed by atoms with Crippen LogP contribution in [-0.4, -0.2) is 12.9 Å². The molecule has 0 spiro atoms. The van der Waals surface area contributed by atoms with Gasteiger partial charge < -0.3 is 4.74 Å². The Bertz CT molecular complexity index is 474. The Morgan fingerprint density at radius 1 is 1.25 bits per heavy atom. The first-order chi connectivity index (χ1) is 9.52. The molecule has 0 heterocycles. The van der Waals surface area contributed by atoms with Crippen molar-refractivity contribution < 1.29 is 13.9 Å². The minimum Gasteiger partial charge on any atom is -0.497 e. The van der Waals surface area contributed by atoms with Crippen molar-refractivity contribution in [3.8, 4) is 5.75 Å². The number of benzene rings is 1. The van der Waals surface area contributed by atoms with Crippen LogP contribution in [0.25, 0.3) is 0 Å². The highest BCUT2D eigenvalue weighted by Crippen LogP contribution is 2.35. The second kappa shape index (κ2) is 6.38. The number of halogens is 1. The first-order valence-electron chi connectivity index (χ1n) is 7.40. The van der Waals surface area contributed by atoms with E-state index in [1.54, 1.807) is 12.1 Å². The Morgan fingerprint density at radius 2 is 1.90 bits per heavy atom. The Labute approximate surface area is 120 Å². The number of rotatable bonds is 4. The van der Waals surface area contributed by atoms with E-state index in [0.717, 1.165) is 25.7 Å². The lowest BCUT2D eigenvalue weighted by molar-refractivity contribution is 0.0854. The molecule has 0 aliphatic heterocycles. The van der Waals surface area contributed by atoms with E-state index in [0.29, 0.717) is 17.6 Å². The maximum atomic E-state index is 13.9. The fourth-order valence-electron chi connectivity index (χ4n) is 3.09. The van der Waals surface area contributed by atoms with Crippen LogP contribution in [0.2, 0.25) is 0 Å². The van der Waals surface area contributed by atoms with E-state index < -0.39 is 5.82 Å². The highest BCUT2D eigenvalue weighted by Gasteiger charge is 2.29. The molecule has 0 bridgehead atoms. The molecule has 1 fully saturated rings. The van der Waals surface area contributed by atoms with Gasteiger partial charge in [-0.1, -0.05) is 13.8 Å². The quantitative estimate of drug-likeness (QED) is 0.759. The van der Waals surface area contributed by atoms with Crippen LogP contribution in [0.4, 0.5) is 4.39 Å². The minimum atomic E-state index is -0.472. The van der Waals surface area contributed by atoms with Crippen LogP contribution in [0.15, 0.2) is 18.2 Å². The summed E-state index contributed by atoms with van der Waals surface area (Å²) in [5.74, 6) is 1.28. The number of methoxy groups -OCH3 is 1. The summed E-state index contributed by atoms with van der Waals surface area (Å²) in [4.78, 5) is 12.4. The molecule has 1 aromatic rings. The molecule has 20 heavy (non-hydrogen) atoms. The number of hydrogen-bond donors (Lipinski definition) is 0. The summed E-state index contributed by atoms with van der Waals surface area (Å²) in [5, 5.41) is 0. The van der Waals surface area contributed by atoms with Gasteiger partial charge in [0, 0.05) is 12.0 Å². The summed E-state index contributed by atoms with van der Waals surface area (Å²) in [6.07, 6.45) is 3.91. The van der Waals surface area contributed by atoms with Gasteiger partial charge in [-0.3, -0.25) is 4.79 Å². The van der Waals surface area contributed by atoms with Crippen molar-refractivity contribution in [2.24, 2.45) is 17.8 Å². The van der Waals surface area contributed by atoms with E-state index in [1.165, 1.54) is 13.2 Å². The van der Waals surface area contributed by atoms with Gasteiger partial charge in [-0.15, -0.1) is 0 Å². The van der Waals surface area contributed by atoms with Crippen molar-refractivity contribution in [1.82, 2.24) is 0 Å². The summed E-state index contributed by atoms with van der Waals surface area (Å²) < 4.78 is 18.9. The Balaban J connectivity index is 2.05. The fraction of sp³-hybridized carbons (Fsp3) is 0.588. The number of hydrogen-bond acceptors (Lipinski definition) is 2. The molecule has 0 amide bonds. The maximum absolute atomic E-state index is 13.9. The van der Waals surface area contributed by atoms with Crippen LogP contribution in [0.1, 0.15) is 49.9 Å². The van der Waals surface area contributed by atoms with Crippen LogP contribution in [0.5, 0.6) is 5.75 Å². The third-order valence-corrected chi connectivity index (χ3v) is 4.53. The molecule has 0 atom stereocenters. The van der Waals surface area contributed by atoms with E-state index >= 15 is 0 Å². The molecule has 1 saturated carbocycles. The van der Waals surface area contributed by atoms with Gasteiger partial charge in [-0.25, -0.2) is 4.39 Å². The van der Waals surface area contributed by atoms with E-state index in [4.69, 9.17) is 4.74 Å². The van der Waals surface area contributed by atoms with Gasteiger partial charge in [0.2, 0.25) is 0 Å². The van der Waals surface area contributed by atoms with Crippen molar-refractivity contribution >= 4 is 5.78 Å². The van der Waals surface area contributed by atoms with Gasteiger partial charge in [0.25, 0.3) is 0 Å². The second-order valence-corrected chi connectivity index (χ2v) is 6.07. The highest BCUT2D eigenvalue weighted by molar-refractivity contribution is 5.98. The topological polar surface area (TPSA) is 26.3 Å². The van der Waals surface area contributed by atoms with E-state index in [9.17, 15) is 9.18 Å². The molecule has 1 aliphatic rings. The summed E-state index contributed by atoms with van der Waals surface area (Å²) in [7, 11) is 1.49. The molecule has 0 saturated heterocycles. The molecule has 110 valence electrons. The maximum Gasteiger partial charge on any atom is 0.168 e. The van der Waals surface area contributed by atoms with Gasteiger partial charge in [-0.05, 0) is 49.7 Å². The zero-order valence-corrected chi connectivity index (χ0v) is 12.5. The standard InChI is InChI=1S/C17H23FO2/c1-11(2)12-4-6-13(7-5-12)17(19)15-9-8-14(20-3)10-16(15)18/h8-13H,4-7H2,1-3H3. The van der Waals surface area contributed by atoms with Crippen LogP contribution >= 0.6 is 0 Å². The molecule has 0 radical (unpaired) electrons. The van der Waals surface area contributed by atoms with Gasteiger partial charge >= 0.3 is 0 Å². The number of carbonyl (C=O) groups excluding carboxylic acids is 1. The molecular formula is C17H23FO2. The van der Waals surface area contributed by atoms with Gasteiger partial charge in [0.15, 0.2) is 5.78 Å². The average Bonchev–Trinajstić information content (AvgIpc) is 2.46. The van der Waals surface area contributed by atoms with Crippen LogP contribution in [0.3, 0.4) is 0 Å². The third-order valence-electron chi connectivity index (χ3n) is 4.53. The molecule has 2 rings (SSSR count). The molecule has 2 nitrogen and oxygen atoms in total. The smallest absolute Gasteiger partial charge is 0.168 e. The second-order valence-electron chi connectivity index (χ2n) is 6.07. The Morgan fingerprint density at radius 3 is 2.40 bits per heavy atom. The van der Waals surface area contributed by atoms with Gasteiger partial charge in [0.05, 0.1) is 12.7 Å². The highest BCUT2D eigenvalue weighted by atomic mass is 19.1. The molecule has 0 unspecified atom stereocenters. The van der Waals surface area contributed by atoms with E-state index in [2.05, 4.69) is 13.8 Å². The largest absolute Gasteiger partial charge is 0.497 e. The van der Waals surface area contributed by atoms with Gasteiger partial charge in [0.1, 0.15) is 11.6 Å². The first-order valence-corrected chi connectivity index (χ1v) is 7.40. The molecule has 3 heteroatoms. The van der Waals surface area contributed by atoms with Crippen LogP contribution in [0, 0.1) is 23.6 Å². The monoisotopic (exact) mass is 278 g/mol. The average molecular weight is 278 g/mol. The Kier molecular flexibility index (Phi) is 4.79. The van der Waals surface area contributed by atoms with E-state index in [-0.39, 0.29) is 17.3 Å². The molecule has 1 aliphatic carbocycles. The zero-order valence-electron chi connectivity index (χ0n) is 12.5. The summed E-state index contributed by atoms with van der Waals surface area (Å²) in [6.45, 7) is 4.46. The zero-order chi connectivity index (χ0) is 14.7. The summed E-state index contributed by atoms with van der Waals surface area (Å²) in [5.41, 5.74) is 0.207. The number of carbonyl (C=O) groups is 1. The van der Waals surface area contributed by atoms with E-state index in [1.807, 2.05) is 0 Å². The molecule has 0 aromatic heterocycles. The van der Waals surface area contributed by atoms with Crippen molar-refractivity contribution in [1.29, 1.82) is 0 Å². The first kappa shape index (κ1) is 15.0. The molecular weight excluding hydrogens is 255 g/mol. The predicted molar refractivity (Wildman–Crippen MR) is 77.6 cm³/mol. The molecule has 1 aromatic carbocycles. The minimum absolute atomic E-state index is 0.0205. The van der Waals surface area contributed by atoms with Crippen molar-refractivity contribution in [3.05, 3.63) is 29.6 Å². The van der Waals surface area contributed by atoms with Crippen molar-refractivity contribution in [2.75, 3.05) is 7.11 Å². The van der Waals surface area contributed by atoms with Crippen LogP contribution < -0.4 is 4.74 Å². The van der Waals surface area contributed by atoms with Crippen molar-refractivity contribution in [3.63, 3.8) is 0 Å². The van der Waals surface area contributed by atoms with Crippen molar-refractivity contribution in [2.45, 2.75) is 39.5 Å². The lowest BCUT2D eigenvalue weighted by Gasteiger charge is -2.30. The number of Topliss-reactive ketones (excluding diaryl/α,β-unsaturated/α-hetero) is 1. The Hall–Kier alpha value is -1.38. The summed E-state index contributed by atoms with van der Waals surface area (Å²) in [6, 6.07) is 4.48. The SMILES string of the molecule is COc1ccc(C(=O)C2CCC(C(C)C)CC2)c(F)c1. The third kappa shape index (κ3) is 3.20. The van der Waals surface area contributed by atoms with Crippen LogP contribution in [-0.2, 0) is 0 Å². The normalized spacial score (nSPS) is 22.9. The lowest BCUT2D eigenvalue weighted by Crippen LogP contribution is -2.24. The molecule has 0 N–H and O–H groups in total. The van der Waals surface area contributed by atoms with Gasteiger partial charge in [-0.2, -0.15) is 0 Å². The predicted octanol–water partition coefficient (Wildman–Crippen LogP) is 4.48. The number of ketones is 1. The lowest BCUT2D eigenvalue weighted by atomic mass is 9.75.